The molecule has 2 N–H and O–H groups in total. The van der Waals surface area contributed by atoms with Crippen LogP contribution in [0, 0.1) is 0 Å². The minimum Gasteiger partial charge on any atom is -0.379 e. The molecule has 0 bridgehead atoms. The average molecular weight is 573 g/mol. The molecular weight excluding hydrogens is 539 g/mol. The van der Waals surface area contributed by atoms with Crippen molar-refractivity contribution >= 4 is 40.0 Å². The summed E-state index contributed by atoms with van der Waals surface area (Å²) in [6.07, 6.45) is 0. The molecule has 0 amide bonds. The van der Waals surface area contributed by atoms with E-state index in [1.807, 2.05) is 42.5 Å². The van der Waals surface area contributed by atoms with Gasteiger partial charge < -0.3 is 15.4 Å². The predicted molar refractivity (Wildman–Crippen MR) is 140 cm³/mol. The Morgan fingerprint density at radius 3 is 2.31 bits per heavy atom. The van der Waals surface area contributed by atoms with Gasteiger partial charge >= 0.3 is 0 Å². The van der Waals surface area contributed by atoms with E-state index < -0.39 is 10.0 Å². The highest BCUT2D eigenvalue weighted by molar-refractivity contribution is 14.0. The molecule has 1 saturated heterocycles. The number of guanidine groups is 1. The Labute approximate surface area is 208 Å². The van der Waals surface area contributed by atoms with Crippen LogP contribution in [0.2, 0.25) is 0 Å². The summed E-state index contributed by atoms with van der Waals surface area (Å²) in [6, 6.07) is 18.0. The second-order valence-corrected chi connectivity index (χ2v) is 9.62. The minimum atomic E-state index is -3.38. The highest BCUT2D eigenvalue weighted by Crippen LogP contribution is 2.17. The lowest BCUT2D eigenvalue weighted by Crippen LogP contribution is -2.41. The molecule has 9 heteroatoms. The molecule has 1 fully saturated rings. The van der Waals surface area contributed by atoms with Gasteiger partial charge in [-0.05, 0) is 22.6 Å². The second-order valence-electron chi connectivity index (χ2n) is 7.65. The number of hydrogen-bond acceptors (Lipinski definition) is 4. The summed E-state index contributed by atoms with van der Waals surface area (Å²) in [5.41, 5.74) is 3.01. The first-order chi connectivity index (χ1) is 15.0. The van der Waals surface area contributed by atoms with Crippen molar-refractivity contribution in [3.63, 3.8) is 0 Å². The van der Waals surface area contributed by atoms with Gasteiger partial charge in [-0.15, -0.1) is 24.0 Å². The number of rotatable bonds is 8. The van der Waals surface area contributed by atoms with E-state index in [-0.39, 0.29) is 29.7 Å². The molecule has 176 valence electrons. The first-order valence-corrected chi connectivity index (χ1v) is 12.2. The van der Waals surface area contributed by atoms with Crippen LogP contribution in [0.1, 0.15) is 29.5 Å². The van der Waals surface area contributed by atoms with Crippen LogP contribution in [0.25, 0.3) is 0 Å². The zero-order valence-electron chi connectivity index (χ0n) is 18.7. The molecule has 7 nitrogen and oxygen atoms in total. The van der Waals surface area contributed by atoms with Gasteiger partial charge in [-0.2, -0.15) is 4.31 Å². The summed E-state index contributed by atoms with van der Waals surface area (Å²) in [5.74, 6) is 1.02. The van der Waals surface area contributed by atoms with Crippen molar-refractivity contribution in [2.24, 2.45) is 4.99 Å². The first kappa shape index (κ1) is 26.6. The third-order valence-electron chi connectivity index (χ3n) is 5.43. The number of halogens is 1. The third kappa shape index (κ3) is 7.72. The van der Waals surface area contributed by atoms with Crippen LogP contribution in [0.3, 0.4) is 0 Å². The number of hydrogen-bond donors (Lipinski definition) is 2. The fourth-order valence-corrected chi connectivity index (χ4v) is 5.09. The van der Waals surface area contributed by atoms with Crippen molar-refractivity contribution in [1.82, 2.24) is 14.9 Å². The topological polar surface area (TPSA) is 83.0 Å². The number of aliphatic imine (C=N–C) groups is 1. The predicted octanol–water partition coefficient (Wildman–Crippen LogP) is 2.94. The number of sulfonamides is 1. The van der Waals surface area contributed by atoms with Crippen molar-refractivity contribution in [3.05, 3.63) is 71.3 Å². The number of ether oxygens (including phenoxy) is 1. The number of morpholine rings is 1. The van der Waals surface area contributed by atoms with Gasteiger partial charge in [0.1, 0.15) is 0 Å². The van der Waals surface area contributed by atoms with Gasteiger partial charge in [0.05, 0.1) is 19.0 Å². The Kier molecular flexibility index (Phi) is 10.9. The maximum atomic E-state index is 12.8. The van der Waals surface area contributed by atoms with E-state index in [1.165, 1.54) is 9.87 Å². The summed E-state index contributed by atoms with van der Waals surface area (Å²) in [4.78, 5) is 4.30. The molecule has 1 aliphatic heterocycles. The second kappa shape index (κ2) is 13.1. The highest BCUT2D eigenvalue weighted by Gasteiger charge is 2.25. The zero-order valence-corrected chi connectivity index (χ0v) is 21.8. The molecule has 0 spiro atoms. The Hall–Kier alpha value is -1.69. The molecule has 2 aromatic carbocycles. The quantitative estimate of drug-likeness (QED) is 0.289. The van der Waals surface area contributed by atoms with Gasteiger partial charge in [0.2, 0.25) is 10.0 Å². The fraction of sp³-hybridized carbons (Fsp3) is 0.435. The van der Waals surface area contributed by atoms with E-state index in [2.05, 4.69) is 34.7 Å². The van der Waals surface area contributed by atoms with Crippen LogP contribution in [0.4, 0.5) is 0 Å². The molecule has 0 radical (unpaired) electrons. The molecule has 0 saturated carbocycles. The van der Waals surface area contributed by atoms with Crippen molar-refractivity contribution in [1.29, 1.82) is 0 Å². The van der Waals surface area contributed by atoms with Crippen molar-refractivity contribution in [2.45, 2.75) is 25.1 Å². The molecule has 1 atom stereocenters. The monoisotopic (exact) mass is 572 g/mol. The van der Waals surface area contributed by atoms with Crippen LogP contribution < -0.4 is 10.6 Å². The van der Waals surface area contributed by atoms with Crippen LogP contribution >= 0.6 is 24.0 Å². The maximum absolute atomic E-state index is 12.8. The standard InChI is InChI=1S/C23H32N4O3S.HI/c1-19(20-8-4-3-5-9-20)16-25-23(24-2)26-17-21-10-6-7-11-22(21)18-31(28,29)27-12-14-30-15-13-27;/h3-11,19H,12-18H2,1-2H3,(H2,24,25,26);1H. The van der Waals surface area contributed by atoms with Gasteiger partial charge in [0, 0.05) is 33.2 Å². The highest BCUT2D eigenvalue weighted by atomic mass is 127. The normalized spacial score (nSPS) is 16.1. The van der Waals surface area contributed by atoms with Gasteiger partial charge in [-0.25, -0.2) is 8.42 Å². The van der Waals surface area contributed by atoms with Gasteiger partial charge in [0.15, 0.2) is 5.96 Å². The average Bonchev–Trinajstić information content (AvgIpc) is 2.81. The van der Waals surface area contributed by atoms with Crippen LogP contribution in [-0.2, 0) is 27.1 Å². The number of nitrogens with zero attached hydrogens (tertiary/aromatic N) is 2. The number of nitrogens with one attached hydrogen (secondary N) is 2. The summed E-state index contributed by atoms with van der Waals surface area (Å²) in [5, 5.41) is 6.66. The molecule has 1 unspecified atom stereocenters. The van der Waals surface area contributed by atoms with E-state index in [0.29, 0.717) is 44.7 Å². The summed E-state index contributed by atoms with van der Waals surface area (Å²) < 4.78 is 32.5. The van der Waals surface area contributed by atoms with Crippen molar-refractivity contribution in [2.75, 3.05) is 39.9 Å². The Morgan fingerprint density at radius 1 is 1.03 bits per heavy atom. The molecule has 2 aromatic rings. The molecule has 32 heavy (non-hydrogen) atoms. The molecular formula is C23H33IN4O3S. The van der Waals surface area contributed by atoms with Crippen LogP contribution in [0.15, 0.2) is 59.6 Å². The largest absolute Gasteiger partial charge is 0.379 e. The first-order valence-electron chi connectivity index (χ1n) is 10.6. The Bertz CT molecular complexity index is 964. The smallest absolute Gasteiger partial charge is 0.218 e. The molecule has 3 rings (SSSR count). The van der Waals surface area contributed by atoms with Crippen LogP contribution in [0.5, 0.6) is 0 Å². The molecule has 0 aromatic heterocycles. The van der Waals surface area contributed by atoms with Gasteiger partial charge in [-0.3, -0.25) is 4.99 Å². The van der Waals surface area contributed by atoms with Crippen molar-refractivity contribution in [3.8, 4) is 0 Å². The Balaban J connectivity index is 0.00000363. The van der Waals surface area contributed by atoms with E-state index in [1.54, 1.807) is 7.05 Å². The van der Waals surface area contributed by atoms with E-state index >= 15 is 0 Å². The molecule has 1 heterocycles. The van der Waals surface area contributed by atoms with Crippen molar-refractivity contribution < 1.29 is 13.2 Å². The molecule has 1 aliphatic rings. The van der Waals surface area contributed by atoms with Crippen LogP contribution in [-0.4, -0.2) is 58.6 Å². The van der Waals surface area contributed by atoms with Gasteiger partial charge in [0.25, 0.3) is 0 Å². The summed E-state index contributed by atoms with van der Waals surface area (Å²) in [7, 11) is -1.64. The summed E-state index contributed by atoms with van der Waals surface area (Å²) in [6.45, 7) is 5.14. The van der Waals surface area contributed by atoms with Gasteiger partial charge in [-0.1, -0.05) is 61.5 Å². The molecule has 0 aliphatic carbocycles. The SMILES string of the molecule is CN=C(NCc1ccccc1CS(=O)(=O)N1CCOCC1)NCC(C)c1ccccc1.I. The maximum Gasteiger partial charge on any atom is 0.218 e. The lowest BCUT2D eigenvalue weighted by molar-refractivity contribution is 0.0729. The third-order valence-corrected chi connectivity index (χ3v) is 7.26. The summed E-state index contributed by atoms with van der Waals surface area (Å²) >= 11 is 0. The lowest BCUT2D eigenvalue weighted by Gasteiger charge is -2.26. The van der Waals surface area contributed by atoms with E-state index in [4.69, 9.17) is 4.74 Å². The Morgan fingerprint density at radius 2 is 1.66 bits per heavy atom. The zero-order chi connectivity index (χ0) is 22.1. The van der Waals surface area contributed by atoms with E-state index in [0.717, 1.165) is 17.7 Å². The minimum absolute atomic E-state index is 0. The number of benzene rings is 2. The fourth-order valence-electron chi connectivity index (χ4n) is 3.53. The lowest BCUT2D eigenvalue weighted by atomic mass is 10.0. The van der Waals surface area contributed by atoms with E-state index in [9.17, 15) is 8.42 Å².